The zero-order valence-electron chi connectivity index (χ0n) is 9.05. The van der Waals surface area contributed by atoms with Crippen molar-refractivity contribution in [2.75, 3.05) is 13.1 Å². The van der Waals surface area contributed by atoms with Crippen molar-refractivity contribution in [2.45, 2.75) is 6.42 Å². The predicted octanol–water partition coefficient (Wildman–Crippen LogP) is 1.01. The number of amides is 2. The molecular formula is C12H10N2O3. The molecule has 0 atom stereocenters. The van der Waals surface area contributed by atoms with Crippen molar-refractivity contribution in [2.24, 2.45) is 4.99 Å². The second-order valence-corrected chi connectivity index (χ2v) is 3.63. The Balaban J connectivity index is 2.10. The van der Waals surface area contributed by atoms with Crippen LogP contribution < -0.4 is 0 Å². The summed E-state index contributed by atoms with van der Waals surface area (Å²) in [5, 5.41) is 0. The Kier molecular flexibility index (Phi) is 3.12. The van der Waals surface area contributed by atoms with E-state index in [0.29, 0.717) is 17.5 Å². The predicted molar refractivity (Wildman–Crippen MR) is 59.4 cm³/mol. The van der Waals surface area contributed by atoms with Crippen LogP contribution in [0.3, 0.4) is 0 Å². The average Bonchev–Trinajstić information content (AvgIpc) is 2.60. The minimum Gasteiger partial charge on any atom is -0.274 e. The Hall–Kier alpha value is -2.26. The SMILES string of the molecule is O=C=NCCCN1C(=O)c2ccccc2C1=O. The monoisotopic (exact) mass is 230 g/mol. The number of benzene rings is 1. The van der Waals surface area contributed by atoms with Gasteiger partial charge in [0.05, 0.1) is 17.7 Å². The van der Waals surface area contributed by atoms with E-state index in [1.54, 1.807) is 24.3 Å². The summed E-state index contributed by atoms with van der Waals surface area (Å²) in [7, 11) is 0. The van der Waals surface area contributed by atoms with Crippen LogP contribution in [0.25, 0.3) is 0 Å². The number of nitrogens with zero attached hydrogens (tertiary/aromatic N) is 2. The highest BCUT2D eigenvalue weighted by molar-refractivity contribution is 6.21. The van der Waals surface area contributed by atoms with Crippen molar-refractivity contribution < 1.29 is 14.4 Å². The van der Waals surface area contributed by atoms with Crippen LogP contribution in [-0.4, -0.2) is 35.9 Å². The molecule has 0 aromatic heterocycles. The number of carbonyl (C=O) groups is 2. The van der Waals surface area contributed by atoms with Gasteiger partial charge in [0.25, 0.3) is 11.8 Å². The summed E-state index contributed by atoms with van der Waals surface area (Å²) in [5.41, 5.74) is 0.882. The average molecular weight is 230 g/mol. The van der Waals surface area contributed by atoms with Gasteiger partial charge in [-0.05, 0) is 18.6 Å². The Bertz CT molecular complexity index is 483. The van der Waals surface area contributed by atoms with E-state index in [4.69, 9.17) is 0 Å². The maximum atomic E-state index is 11.9. The van der Waals surface area contributed by atoms with Gasteiger partial charge in [0.1, 0.15) is 0 Å². The molecule has 86 valence electrons. The fourth-order valence-electron chi connectivity index (χ4n) is 1.80. The molecule has 0 unspecified atom stereocenters. The van der Waals surface area contributed by atoms with E-state index in [-0.39, 0.29) is 24.9 Å². The van der Waals surface area contributed by atoms with E-state index in [1.165, 1.54) is 11.0 Å². The Labute approximate surface area is 97.8 Å². The van der Waals surface area contributed by atoms with E-state index in [1.807, 2.05) is 0 Å². The van der Waals surface area contributed by atoms with Gasteiger partial charge in [-0.3, -0.25) is 14.5 Å². The summed E-state index contributed by atoms with van der Waals surface area (Å²) < 4.78 is 0. The lowest BCUT2D eigenvalue weighted by molar-refractivity contribution is 0.0653. The van der Waals surface area contributed by atoms with E-state index >= 15 is 0 Å². The van der Waals surface area contributed by atoms with Crippen LogP contribution in [0.4, 0.5) is 0 Å². The molecule has 1 aromatic carbocycles. The van der Waals surface area contributed by atoms with Crippen molar-refractivity contribution in [3.05, 3.63) is 35.4 Å². The van der Waals surface area contributed by atoms with Crippen molar-refractivity contribution in [3.63, 3.8) is 0 Å². The molecule has 0 fully saturated rings. The lowest BCUT2D eigenvalue weighted by Gasteiger charge is -2.12. The van der Waals surface area contributed by atoms with Crippen LogP contribution in [0.15, 0.2) is 29.3 Å². The van der Waals surface area contributed by atoms with Crippen molar-refractivity contribution in [3.8, 4) is 0 Å². The van der Waals surface area contributed by atoms with E-state index < -0.39 is 0 Å². The summed E-state index contributed by atoms with van der Waals surface area (Å²) in [5.74, 6) is -0.554. The van der Waals surface area contributed by atoms with E-state index in [2.05, 4.69) is 4.99 Å². The highest BCUT2D eigenvalue weighted by atomic mass is 16.2. The van der Waals surface area contributed by atoms with Crippen molar-refractivity contribution in [1.29, 1.82) is 0 Å². The fourth-order valence-corrected chi connectivity index (χ4v) is 1.80. The molecule has 0 bridgehead atoms. The lowest BCUT2D eigenvalue weighted by atomic mass is 10.1. The number of aliphatic imine (C=N–C) groups is 1. The van der Waals surface area contributed by atoms with Gasteiger partial charge in [-0.1, -0.05) is 12.1 Å². The smallest absolute Gasteiger partial charge is 0.261 e. The summed E-state index contributed by atoms with van der Waals surface area (Å²) in [6.45, 7) is 0.550. The topological polar surface area (TPSA) is 66.8 Å². The number of carbonyl (C=O) groups excluding carboxylic acids is 3. The first-order chi connectivity index (χ1) is 8.25. The van der Waals surface area contributed by atoms with Gasteiger partial charge >= 0.3 is 0 Å². The molecule has 0 N–H and O–H groups in total. The number of hydrogen-bond donors (Lipinski definition) is 0. The molecule has 17 heavy (non-hydrogen) atoms. The first-order valence-corrected chi connectivity index (χ1v) is 5.24. The molecule has 5 nitrogen and oxygen atoms in total. The lowest BCUT2D eigenvalue weighted by Crippen LogP contribution is -2.31. The summed E-state index contributed by atoms with van der Waals surface area (Å²) in [4.78, 5) is 38.2. The molecule has 1 heterocycles. The zero-order chi connectivity index (χ0) is 12.3. The third-order valence-corrected chi connectivity index (χ3v) is 2.59. The second kappa shape index (κ2) is 4.72. The minimum atomic E-state index is -0.277. The number of hydrogen-bond acceptors (Lipinski definition) is 4. The van der Waals surface area contributed by atoms with Crippen molar-refractivity contribution >= 4 is 17.9 Å². The molecule has 0 saturated heterocycles. The van der Waals surface area contributed by atoms with Crippen LogP contribution in [-0.2, 0) is 4.79 Å². The van der Waals surface area contributed by atoms with Gasteiger partial charge in [0.2, 0.25) is 6.08 Å². The number of rotatable bonds is 4. The highest BCUT2D eigenvalue weighted by Crippen LogP contribution is 2.22. The van der Waals surface area contributed by atoms with Crippen LogP contribution >= 0.6 is 0 Å². The summed E-state index contributed by atoms with van der Waals surface area (Å²) in [6, 6.07) is 6.73. The molecule has 5 heteroatoms. The van der Waals surface area contributed by atoms with Crippen LogP contribution in [0, 0.1) is 0 Å². The Morgan fingerprint density at radius 3 is 2.24 bits per heavy atom. The molecule has 1 aliphatic heterocycles. The number of imide groups is 1. The first kappa shape index (κ1) is 11.2. The molecule has 1 aliphatic rings. The summed E-state index contributed by atoms with van der Waals surface area (Å²) >= 11 is 0. The van der Waals surface area contributed by atoms with Gasteiger partial charge < -0.3 is 0 Å². The molecule has 0 saturated carbocycles. The van der Waals surface area contributed by atoms with Gasteiger partial charge in [0, 0.05) is 6.54 Å². The zero-order valence-corrected chi connectivity index (χ0v) is 9.05. The largest absolute Gasteiger partial charge is 0.274 e. The molecule has 0 radical (unpaired) electrons. The molecule has 2 amide bonds. The van der Waals surface area contributed by atoms with Crippen LogP contribution in [0.2, 0.25) is 0 Å². The third kappa shape index (κ3) is 2.00. The second-order valence-electron chi connectivity index (χ2n) is 3.63. The maximum absolute atomic E-state index is 11.9. The van der Waals surface area contributed by atoms with E-state index in [9.17, 15) is 14.4 Å². The fraction of sp³-hybridized carbons (Fsp3) is 0.250. The molecule has 2 rings (SSSR count). The Morgan fingerprint density at radius 2 is 1.71 bits per heavy atom. The highest BCUT2D eigenvalue weighted by Gasteiger charge is 2.34. The van der Waals surface area contributed by atoms with Gasteiger partial charge in [-0.2, -0.15) is 0 Å². The standard InChI is InChI=1S/C12H10N2O3/c15-8-13-6-3-7-14-11(16)9-4-1-2-5-10(9)12(14)17/h1-2,4-5H,3,6-7H2. The minimum absolute atomic E-state index is 0.275. The van der Waals surface area contributed by atoms with E-state index in [0.717, 1.165) is 0 Å². The molecular weight excluding hydrogens is 220 g/mol. The summed E-state index contributed by atoms with van der Waals surface area (Å²) in [6.07, 6.45) is 1.89. The number of fused-ring (bicyclic) bond motifs is 1. The first-order valence-electron chi connectivity index (χ1n) is 5.24. The maximum Gasteiger partial charge on any atom is 0.261 e. The van der Waals surface area contributed by atoms with Gasteiger partial charge in [-0.15, -0.1) is 0 Å². The van der Waals surface area contributed by atoms with Crippen LogP contribution in [0.1, 0.15) is 27.1 Å². The number of isocyanates is 1. The van der Waals surface area contributed by atoms with Crippen molar-refractivity contribution in [1.82, 2.24) is 4.90 Å². The normalized spacial score (nSPS) is 13.5. The van der Waals surface area contributed by atoms with Crippen LogP contribution in [0.5, 0.6) is 0 Å². The quantitative estimate of drug-likeness (QED) is 0.335. The molecule has 1 aromatic rings. The Morgan fingerprint density at radius 1 is 1.12 bits per heavy atom. The molecule has 0 spiro atoms. The van der Waals surface area contributed by atoms with Gasteiger partial charge in [-0.25, -0.2) is 9.79 Å². The molecule has 0 aliphatic carbocycles. The van der Waals surface area contributed by atoms with Gasteiger partial charge in [0.15, 0.2) is 0 Å². The third-order valence-electron chi connectivity index (χ3n) is 2.59.